The highest BCUT2D eigenvalue weighted by atomic mass is 127. The van der Waals surface area contributed by atoms with Gasteiger partial charge in [-0.15, -0.1) is 0 Å². The van der Waals surface area contributed by atoms with Crippen LogP contribution >= 0.6 is 33.3 Å². The third-order valence-electron chi connectivity index (χ3n) is 1.61. The van der Waals surface area contributed by atoms with Gasteiger partial charge in [-0.1, -0.05) is 0 Å². The van der Waals surface area contributed by atoms with Gasteiger partial charge in [-0.05, 0) is 28.7 Å². The zero-order valence-corrected chi connectivity index (χ0v) is 11.3. The number of aromatic nitrogens is 1. The van der Waals surface area contributed by atoms with Crippen molar-refractivity contribution in [2.45, 2.75) is 11.3 Å². The molecule has 1 heterocycles. The first-order chi connectivity index (χ1) is 7.64. The molecule has 11 heteroatoms. The quantitative estimate of drug-likeness (QED) is 0.256. The van der Waals surface area contributed by atoms with Crippen molar-refractivity contribution in [2.75, 3.05) is 0 Å². The number of pyridine rings is 1. The zero-order valence-electron chi connectivity index (χ0n) is 7.60. The number of rotatable bonds is 3. The standard InChI is InChI=1S/C6H2ClF2IN2O4S/c7-17(15,16)2-1-3(10)11-4(6(8)9)5(2)12(13)14/h1,6H. The first-order valence-electron chi connectivity index (χ1n) is 3.72. The molecule has 0 bridgehead atoms. The van der Waals surface area contributed by atoms with Gasteiger partial charge < -0.3 is 0 Å². The molecule has 1 aromatic heterocycles. The molecule has 0 aromatic carbocycles. The van der Waals surface area contributed by atoms with E-state index in [9.17, 15) is 27.3 Å². The van der Waals surface area contributed by atoms with Crippen molar-refractivity contribution in [1.29, 1.82) is 0 Å². The summed E-state index contributed by atoms with van der Waals surface area (Å²) in [6.45, 7) is 0. The maximum absolute atomic E-state index is 12.5. The van der Waals surface area contributed by atoms with Gasteiger partial charge in [0.15, 0.2) is 10.6 Å². The Kier molecular flexibility index (Phi) is 4.19. The Hall–Kier alpha value is -0.620. The zero-order chi connectivity index (χ0) is 13.4. The highest BCUT2D eigenvalue weighted by molar-refractivity contribution is 14.1. The average molecular weight is 399 g/mol. The van der Waals surface area contributed by atoms with Crippen LogP contribution in [0, 0.1) is 13.8 Å². The Labute approximate surface area is 112 Å². The van der Waals surface area contributed by atoms with Crippen molar-refractivity contribution < 1.29 is 22.1 Å². The van der Waals surface area contributed by atoms with Gasteiger partial charge in [0.05, 0.1) is 4.92 Å². The molecule has 0 radical (unpaired) electrons. The van der Waals surface area contributed by atoms with Gasteiger partial charge in [0.2, 0.25) is 0 Å². The van der Waals surface area contributed by atoms with E-state index in [1.54, 1.807) is 0 Å². The van der Waals surface area contributed by atoms with Gasteiger partial charge in [-0.3, -0.25) is 10.1 Å². The van der Waals surface area contributed by atoms with Crippen LogP contribution in [0.15, 0.2) is 11.0 Å². The molecule has 1 aromatic rings. The average Bonchev–Trinajstić information content (AvgIpc) is 2.14. The summed E-state index contributed by atoms with van der Waals surface area (Å²) in [4.78, 5) is 11.6. The summed E-state index contributed by atoms with van der Waals surface area (Å²) in [6, 6.07) is 0.757. The Morgan fingerprint density at radius 2 is 2.06 bits per heavy atom. The SMILES string of the molecule is O=[N+]([O-])c1c(S(=O)(=O)Cl)cc(I)nc1C(F)F. The van der Waals surface area contributed by atoms with E-state index in [1.165, 1.54) is 22.6 Å². The molecule has 0 aliphatic heterocycles. The summed E-state index contributed by atoms with van der Waals surface area (Å²) in [5.41, 5.74) is -2.52. The van der Waals surface area contributed by atoms with E-state index in [1.807, 2.05) is 0 Å². The summed E-state index contributed by atoms with van der Waals surface area (Å²) < 4.78 is 47.1. The number of halogens is 4. The van der Waals surface area contributed by atoms with E-state index < -0.39 is 36.7 Å². The second-order valence-corrected chi connectivity index (χ2v) is 6.31. The lowest BCUT2D eigenvalue weighted by Gasteiger charge is -2.05. The molecule has 0 saturated carbocycles. The van der Waals surface area contributed by atoms with Gasteiger partial charge in [-0.2, -0.15) is 0 Å². The van der Waals surface area contributed by atoms with Crippen molar-refractivity contribution in [3.63, 3.8) is 0 Å². The minimum atomic E-state index is -4.50. The number of nitro groups is 1. The first-order valence-corrected chi connectivity index (χ1v) is 7.11. The van der Waals surface area contributed by atoms with Gasteiger partial charge in [-0.25, -0.2) is 22.2 Å². The maximum Gasteiger partial charge on any atom is 0.316 e. The fourth-order valence-electron chi connectivity index (χ4n) is 1.02. The Morgan fingerprint density at radius 1 is 1.53 bits per heavy atom. The molecule has 0 saturated heterocycles. The molecule has 0 amide bonds. The fraction of sp³-hybridized carbons (Fsp3) is 0.167. The topological polar surface area (TPSA) is 90.2 Å². The molecule has 94 valence electrons. The minimum Gasteiger partial charge on any atom is -0.258 e. The van der Waals surface area contributed by atoms with E-state index >= 15 is 0 Å². The number of hydrogen-bond acceptors (Lipinski definition) is 5. The molecule has 1 rings (SSSR count). The first kappa shape index (κ1) is 14.4. The van der Waals surface area contributed by atoms with E-state index in [-0.39, 0.29) is 3.70 Å². The van der Waals surface area contributed by atoms with Gasteiger partial charge >= 0.3 is 5.69 Å². The summed E-state index contributed by atoms with van der Waals surface area (Å²) in [5.74, 6) is 0. The van der Waals surface area contributed by atoms with E-state index in [0.717, 1.165) is 6.07 Å². The number of nitrogens with zero attached hydrogens (tertiary/aromatic N) is 2. The Balaban J connectivity index is 3.77. The highest BCUT2D eigenvalue weighted by Crippen LogP contribution is 2.35. The monoisotopic (exact) mass is 398 g/mol. The van der Waals surface area contributed by atoms with Crippen molar-refractivity contribution >= 4 is 48.0 Å². The smallest absolute Gasteiger partial charge is 0.258 e. The van der Waals surface area contributed by atoms with Gasteiger partial charge in [0, 0.05) is 10.7 Å². The predicted octanol–water partition coefficient (Wildman–Crippen LogP) is 2.46. The van der Waals surface area contributed by atoms with Crippen LogP contribution in [0.3, 0.4) is 0 Å². The Bertz CT molecular complexity index is 580. The van der Waals surface area contributed by atoms with Gasteiger partial charge in [0.1, 0.15) is 3.70 Å². The predicted molar refractivity (Wildman–Crippen MR) is 61.6 cm³/mol. The van der Waals surface area contributed by atoms with Gasteiger partial charge in [0.25, 0.3) is 15.5 Å². The van der Waals surface area contributed by atoms with Crippen molar-refractivity contribution in [1.82, 2.24) is 4.98 Å². The molecular weight excluding hydrogens is 396 g/mol. The minimum absolute atomic E-state index is 0.136. The molecule has 0 fully saturated rings. The molecule has 17 heavy (non-hydrogen) atoms. The second-order valence-electron chi connectivity index (χ2n) is 2.67. The molecule has 0 aliphatic rings. The summed E-state index contributed by atoms with van der Waals surface area (Å²) in [7, 11) is 0.444. The number of hydrogen-bond donors (Lipinski definition) is 0. The van der Waals surface area contributed by atoms with Crippen LogP contribution in [0.5, 0.6) is 0 Å². The molecule has 0 N–H and O–H groups in total. The normalized spacial score (nSPS) is 11.8. The van der Waals surface area contributed by atoms with E-state index in [4.69, 9.17) is 10.7 Å². The molecule has 0 unspecified atom stereocenters. The van der Waals surface area contributed by atoms with Crippen molar-refractivity contribution in [2.24, 2.45) is 0 Å². The summed E-state index contributed by atoms with van der Waals surface area (Å²) in [5, 5.41) is 10.6. The van der Waals surface area contributed by atoms with Crippen LogP contribution in [0.4, 0.5) is 14.5 Å². The second kappa shape index (κ2) is 4.94. The third-order valence-corrected chi connectivity index (χ3v) is 3.49. The maximum atomic E-state index is 12.5. The number of alkyl halides is 2. The van der Waals surface area contributed by atoms with Crippen LogP contribution in [-0.2, 0) is 9.05 Å². The van der Waals surface area contributed by atoms with E-state index in [0.29, 0.717) is 0 Å². The largest absolute Gasteiger partial charge is 0.316 e. The van der Waals surface area contributed by atoms with E-state index in [2.05, 4.69) is 4.98 Å². The van der Waals surface area contributed by atoms with Crippen LogP contribution in [0.2, 0.25) is 0 Å². The van der Waals surface area contributed by atoms with Crippen LogP contribution in [0.1, 0.15) is 12.1 Å². The molecule has 0 atom stereocenters. The fourth-order valence-corrected chi connectivity index (χ4v) is 2.82. The lowest BCUT2D eigenvalue weighted by Crippen LogP contribution is -2.07. The molecule has 0 aliphatic carbocycles. The summed E-state index contributed by atoms with van der Waals surface area (Å²) in [6.07, 6.45) is -3.28. The van der Waals surface area contributed by atoms with Crippen LogP contribution < -0.4 is 0 Å². The molecular formula is C6H2ClF2IN2O4S. The lowest BCUT2D eigenvalue weighted by molar-refractivity contribution is -0.389. The van der Waals surface area contributed by atoms with Crippen LogP contribution in [-0.4, -0.2) is 18.3 Å². The molecule has 0 spiro atoms. The third kappa shape index (κ3) is 3.19. The van der Waals surface area contributed by atoms with Crippen molar-refractivity contribution in [3.05, 3.63) is 25.6 Å². The van der Waals surface area contributed by atoms with Crippen molar-refractivity contribution in [3.8, 4) is 0 Å². The lowest BCUT2D eigenvalue weighted by atomic mass is 10.3. The molecule has 6 nitrogen and oxygen atoms in total. The Morgan fingerprint density at radius 3 is 2.41 bits per heavy atom. The van der Waals surface area contributed by atoms with Crippen LogP contribution in [0.25, 0.3) is 0 Å². The summed E-state index contributed by atoms with van der Waals surface area (Å²) >= 11 is 1.45. The highest BCUT2D eigenvalue weighted by Gasteiger charge is 2.33.